The zero-order chi connectivity index (χ0) is 16.9. The van der Waals surface area contributed by atoms with E-state index in [-0.39, 0.29) is 18.6 Å². The van der Waals surface area contributed by atoms with Crippen LogP contribution in [-0.4, -0.2) is 31.8 Å². The lowest BCUT2D eigenvalue weighted by Gasteiger charge is -2.26. The molecule has 5 nitrogen and oxygen atoms in total. The van der Waals surface area contributed by atoms with Gasteiger partial charge in [0.1, 0.15) is 18.5 Å². The van der Waals surface area contributed by atoms with E-state index in [1.54, 1.807) is 18.2 Å². The molecule has 0 saturated heterocycles. The van der Waals surface area contributed by atoms with Crippen LogP contribution < -0.4 is 19.5 Å². The molecule has 0 aliphatic carbocycles. The number of amides is 1. The molecule has 2 aromatic carbocycles. The summed E-state index contributed by atoms with van der Waals surface area (Å²) in [7, 11) is 0. The molecule has 1 aliphatic heterocycles. The summed E-state index contributed by atoms with van der Waals surface area (Å²) in [6, 6.07) is 12.7. The summed E-state index contributed by atoms with van der Waals surface area (Å²) >= 11 is 5.95. The summed E-state index contributed by atoms with van der Waals surface area (Å²) < 4.78 is 16.8. The van der Waals surface area contributed by atoms with E-state index >= 15 is 0 Å². The van der Waals surface area contributed by atoms with Gasteiger partial charge in [0.15, 0.2) is 18.1 Å². The number of hydrogen-bond donors (Lipinski definition) is 1. The Morgan fingerprint density at radius 3 is 2.88 bits per heavy atom. The van der Waals surface area contributed by atoms with Gasteiger partial charge < -0.3 is 19.5 Å². The van der Waals surface area contributed by atoms with E-state index in [0.717, 1.165) is 11.3 Å². The van der Waals surface area contributed by atoms with Crippen LogP contribution in [0.5, 0.6) is 17.2 Å². The molecule has 0 aromatic heterocycles. The van der Waals surface area contributed by atoms with Gasteiger partial charge in [-0.05, 0) is 42.8 Å². The second-order valence-corrected chi connectivity index (χ2v) is 5.91. The Labute approximate surface area is 145 Å². The summed E-state index contributed by atoms with van der Waals surface area (Å²) in [6.45, 7) is 2.57. The van der Waals surface area contributed by atoms with Crippen LogP contribution in [0.3, 0.4) is 0 Å². The molecule has 0 unspecified atom stereocenters. The largest absolute Gasteiger partial charge is 0.486 e. The van der Waals surface area contributed by atoms with Crippen LogP contribution in [0.1, 0.15) is 5.56 Å². The quantitative estimate of drug-likeness (QED) is 0.903. The first-order valence-electron chi connectivity index (χ1n) is 7.66. The van der Waals surface area contributed by atoms with Crippen molar-refractivity contribution in [3.63, 3.8) is 0 Å². The molecule has 0 bridgehead atoms. The maximum atomic E-state index is 11.9. The Hall–Kier alpha value is -2.40. The van der Waals surface area contributed by atoms with Gasteiger partial charge in [-0.15, -0.1) is 0 Å². The summed E-state index contributed by atoms with van der Waals surface area (Å²) in [6.07, 6.45) is -0.221. The number of para-hydroxylation sites is 2. The Bertz CT molecular complexity index is 735. The summed E-state index contributed by atoms with van der Waals surface area (Å²) in [5.74, 6) is 1.81. The highest BCUT2D eigenvalue weighted by atomic mass is 35.5. The molecular weight excluding hydrogens is 330 g/mol. The standard InChI is InChI=1S/C18H18ClNO4/c1-12-8-13(6-7-15(12)19)22-11-18(21)20-9-14-10-23-16-4-2-3-5-17(16)24-14/h2-8,14H,9-11H2,1H3,(H,20,21)/t14-/m0/s1. The summed E-state index contributed by atoms with van der Waals surface area (Å²) in [5, 5.41) is 3.45. The van der Waals surface area contributed by atoms with Crippen molar-refractivity contribution in [2.24, 2.45) is 0 Å². The predicted octanol–water partition coefficient (Wildman–Crippen LogP) is 2.98. The van der Waals surface area contributed by atoms with Crippen molar-refractivity contribution in [1.29, 1.82) is 0 Å². The van der Waals surface area contributed by atoms with Crippen LogP contribution in [-0.2, 0) is 4.79 Å². The monoisotopic (exact) mass is 347 g/mol. The molecule has 0 spiro atoms. The third kappa shape index (κ3) is 4.11. The minimum Gasteiger partial charge on any atom is -0.486 e. The lowest BCUT2D eigenvalue weighted by atomic mass is 10.2. The number of nitrogens with one attached hydrogen (secondary N) is 1. The Morgan fingerprint density at radius 1 is 1.29 bits per heavy atom. The second-order valence-electron chi connectivity index (χ2n) is 5.50. The van der Waals surface area contributed by atoms with E-state index in [9.17, 15) is 4.79 Å². The molecule has 1 aliphatic rings. The number of aryl methyl sites for hydroxylation is 1. The SMILES string of the molecule is Cc1cc(OCC(=O)NC[C@H]2COc3ccccc3O2)ccc1Cl. The highest BCUT2D eigenvalue weighted by Gasteiger charge is 2.21. The minimum absolute atomic E-state index is 0.0642. The number of ether oxygens (including phenoxy) is 3. The third-order valence-electron chi connectivity index (χ3n) is 3.59. The normalized spacial score (nSPS) is 15.7. The highest BCUT2D eigenvalue weighted by molar-refractivity contribution is 6.31. The second kappa shape index (κ2) is 7.45. The highest BCUT2D eigenvalue weighted by Crippen LogP contribution is 2.30. The fourth-order valence-corrected chi connectivity index (χ4v) is 2.42. The fraction of sp³-hybridized carbons (Fsp3) is 0.278. The smallest absolute Gasteiger partial charge is 0.258 e. The number of halogens is 1. The van der Waals surface area contributed by atoms with Crippen molar-refractivity contribution in [1.82, 2.24) is 5.32 Å². The first-order valence-corrected chi connectivity index (χ1v) is 8.04. The molecule has 0 fully saturated rings. The van der Waals surface area contributed by atoms with E-state index in [1.807, 2.05) is 31.2 Å². The maximum Gasteiger partial charge on any atom is 0.258 e. The van der Waals surface area contributed by atoms with Crippen LogP contribution in [0.4, 0.5) is 0 Å². The van der Waals surface area contributed by atoms with Crippen molar-refractivity contribution < 1.29 is 19.0 Å². The van der Waals surface area contributed by atoms with Gasteiger partial charge in [-0.2, -0.15) is 0 Å². The van der Waals surface area contributed by atoms with Gasteiger partial charge in [0.2, 0.25) is 0 Å². The zero-order valence-corrected chi connectivity index (χ0v) is 14.0. The van der Waals surface area contributed by atoms with Gasteiger partial charge in [0, 0.05) is 5.02 Å². The fourth-order valence-electron chi connectivity index (χ4n) is 2.30. The van der Waals surface area contributed by atoms with Crippen molar-refractivity contribution in [3.05, 3.63) is 53.1 Å². The molecule has 0 saturated carbocycles. The van der Waals surface area contributed by atoms with Crippen LogP contribution >= 0.6 is 11.6 Å². The summed E-state index contributed by atoms with van der Waals surface area (Å²) in [4.78, 5) is 11.9. The van der Waals surface area contributed by atoms with E-state index < -0.39 is 0 Å². The average Bonchev–Trinajstić information content (AvgIpc) is 2.60. The van der Waals surface area contributed by atoms with Gasteiger partial charge in [-0.3, -0.25) is 4.79 Å². The lowest BCUT2D eigenvalue weighted by molar-refractivity contribution is -0.123. The Kier molecular flexibility index (Phi) is 5.11. The van der Waals surface area contributed by atoms with Crippen molar-refractivity contribution in [2.45, 2.75) is 13.0 Å². The molecule has 24 heavy (non-hydrogen) atoms. The molecule has 2 aromatic rings. The van der Waals surface area contributed by atoms with Crippen molar-refractivity contribution in [3.8, 4) is 17.2 Å². The predicted molar refractivity (Wildman–Crippen MR) is 91.0 cm³/mol. The van der Waals surface area contributed by atoms with E-state index in [2.05, 4.69) is 5.32 Å². The molecule has 1 heterocycles. The van der Waals surface area contributed by atoms with Crippen LogP contribution in [0.25, 0.3) is 0 Å². The number of benzene rings is 2. The Morgan fingerprint density at radius 2 is 2.08 bits per heavy atom. The van der Waals surface area contributed by atoms with Gasteiger partial charge in [0.25, 0.3) is 5.91 Å². The molecule has 3 rings (SSSR count). The molecule has 1 amide bonds. The third-order valence-corrected chi connectivity index (χ3v) is 4.02. The van der Waals surface area contributed by atoms with E-state index in [1.165, 1.54) is 0 Å². The van der Waals surface area contributed by atoms with Gasteiger partial charge in [-0.1, -0.05) is 23.7 Å². The number of carbonyl (C=O) groups is 1. The molecule has 6 heteroatoms. The molecule has 0 radical (unpaired) electrons. The zero-order valence-electron chi connectivity index (χ0n) is 13.3. The average molecular weight is 348 g/mol. The van der Waals surface area contributed by atoms with Gasteiger partial charge in [-0.25, -0.2) is 0 Å². The van der Waals surface area contributed by atoms with Crippen molar-refractivity contribution in [2.75, 3.05) is 19.8 Å². The molecular formula is C18H18ClNO4. The minimum atomic E-state index is -0.221. The first-order chi connectivity index (χ1) is 11.6. The lowest BCUT2D eigenvalue weighted by Crippen LogP contribution is -2.42. The van der Waals surface area contributed by atoms with Crippen LogP contribution in [0.15, 0.2) is 42.5 Å². The maximum absolute atomic E-state index is 11.9. The van der Waals surface area contributed by atoms with Crippen molar-refractivity contribution >= 4 is 17.5 Å². The number of fused-ring (bicyclic) bond motifs is 1. The van der Waals surface area contributed by atoms with Crippen LogP contribution in [0.2, 0.25) is 5.02 Å². The first kappa shape index (κ1) is 16.5. The molecule has 126 valence electrons. The molecule has 1 atom stereocenters. The van der Waals surface area contributed by atoms with Gasteiger partial charge in [0.05, 0.1) is 6.54 Å². The number of carbonyl (C=O) groups excluding carboxylic acids is 1. The Balaban J connectivity index is 1.44. The molecule has 1 N–H and O–H groups in total. The van der Waals surface area contributed by atoms with Crippen LogP contribution in [0, 0.1) is 6.92 Å². The van der Waals surface area contributed by atoms with E-state index in [4.69, 9.17) is 25.8 Å². The van der Waals surface area contributed by atoms with Gasteiger partial charge >= 0.3 is 0 Å². The number of hydrogen-bond acceptors (Lipinski definition) is 4. The van der Waals surface area contributed by atoms with E-state index in [0.29, 0.717) is 29.7 Å². The topological polar surface area (TPSA) is 56.8 Å². The summed E-state index contributed by atoms with van der Waals surface area (Å²) in [5.41, 5.74) is 0.904. The number of rotatable bonds is 5.